The molecule has 1 unspecified atom stereocenters. The van der Waals surface area contributed by atoms with Crippen LogP contribution >= 0.6 is 0 Å². The van der Waals surface area contributed by atoms with Gasteiger partial charge in [-0.25, -0.2) is 0 Å². The SMILES string of the molecule is CCCCNC(=O)C1Cc2ccccc2N(C(=O)CC(C)(C)C[C@H](N)[C@@H](O)C[C@@H](C)C(=O)NCCCC)C1. The van der Waals surface area contributed by atoms with Crippen molar-refractivity contribution in [1.29, 1.82) is 0 Å². The fourth-order valence-corrected chi connectivity index (χ4v) is 5.10. The van der Waals surface area contributed by atoms with E-state index in [4.69, 9.17) is 5.73 Å². The Bertz CT molecular complexity index is 919. The van der Waals surface area contributed by atoms with Gasteiger partial charge in [-0.05, 0) is 49.1 Å². The zero-order valence-corrected chi connectivity index (χ0v) is 24.1. The van der Waals surface area contributed by atoms with Crippen LogP contribution in [0.15, 0.2) is 24.3 Å². The average molecular weight is 531 g/mol. The molecule has 1 aliphatic heterocycles. The van der Waals surface area contributed by atoms with Crippen LogP contribution in [-0.2, 0) is 20.8 Å². The number of para-hydroxylation sites is 1. The van der Waals surface area contributed by atoms with Gasteiger partial charge in [-0.1, -0.05) is 65.7 Å². The van der Waals surface area contributed by atoms with E-state index >= 15 is 0 Å². The van der Waals surface area contributed by atoms with E-state index in [1.54, 1.807) is 11.8 Å². The van der Waals surface area contributed by atoms with Gasteiger partial charge < -0.3 is 26.4 Å². The number of carbonyl (C=O) groups excluding carboxylic acids is 3. The van der Waals surface area contributed by atoms with Crippen molar-refractivity contribution in [3.05, 3.63) is 29.8 Å². The molecule has 5 N–H and O–H groups in total. The van der Waals surface area contributed by atoms with Gasteiger partial charge in [0.15, 0.2) is 0 Å². The number of carbonyl (C=O) groups is 3. The van der Waals surface area contributed by atoms with Crippen molar-refractivity contribution < 1.29 is 19.5 Å². The average Bonchev–Trinajstić information content (AvgIpc) is 2.87. The van der Waals surface area contributed by atoms with Crippen LogP contribution < -0.4 is 21.3 Å². The maximum absolute atomic E-state index is 13.6. The van der Waals surface area contributed by atoms with Crippen LogP contribution in [-0.4, -0.2) is 54.6 Å². The molecule has 8 heteroatoms. The Kier molecular flexibility index (Phi) is 12.7. The predicted molar refractivity (Wildman–Crippen MR) is 153 cm³/mol. The second-order valence-corrected chi connectivity index (χ2v) is 11.7. The minimum absolute atomic E-state index is 0.0111. The highest BCUT2D eigenvalue weighted by molar-refractivity contribution is 5.96. The summed E-state index contributed by atoms with van der Waals surface area (Å²) >= 11 is 0. The second kappa shape index (κ2) is 15.2. The summed E-state index contributed by atoms with van der Waals surface area (Å²) < 4.78 is 0. The normalized spacial score (nSPS) is 17.8. The molecule has 3 amide bonds. The van der Waals surface area contributed by atoms with Crippen LogP contribution in [0, 0.1) is 17.3 Å². The third-order valence-electron chi connectivity index (χ3n) is 7.44. The minimum atomic E-state index is -0.844. The molecule has 8 nitrogen and oxygen atoms in total. The van der Waals surface area contributed by atoms with Crippen molar-refractivity contribution in [3.8, 4) is 0 Å². The predicted octanol–water partition coefficient (Wildman–Crippen LogP) is 3.55. The van der Waals surface area contributed by atoms with E-state index in [-0.39, 0.29) is 42.4 Å². The summed E-state index contributed by atoms with van der Waals surface area (Å²) in [7, 11) is 0. The Morgan fingerprint density at radius 3 is 2.39 bits per heavy atom. The standard InChI is InChI=1S/C30H50N4O4/c1-6-8-14-32-28(37)21(3)16-26(35)24(31)18-30(4,5)19-27(36)34-20-23(29(38)33-15-9-7-2)17-22-12-10-11-13-25(22)34/h10-13,21,23-24,26,35H,6-9,14-20,31H2,1-5H3,(H,32,37)(H,33,38)/t21-,23?,24+,26+/m1/s1. The first kappa shape index (κ1) is 31.8. The van der Waals surface area contributed by atoms with Crippen LogP contribution in [0.5, 0.6) is 0 Å². The van der Waals surface area contributed by atoms with Gasteiger partial charge in [0.25, 0.3) is 0 Å². The van der Waals surface area contributed by atoms with Crippen molar-refractivity contribution in [3.63, 3.8) is 0 Å². The molecule has 0 aliphatic carbocycles. The lowest BCUT2D eigenvalue weighted by molar-refractivity contribution is -0.126. The summed E-state index contributed by atoms with van der Waals surface area (Å²) in [6.45, 7) is 11.5. The summed E-state index contributed by atoms with van der Waals surface area (Å²) in [6, 6.07) is 7.22. The molecular weight excluding hydrogens is 480 g/mol. The molecule has 0 bridgehead atoms. The molecule has 1 heterocycles. The third kappa shape index (κ3) is 9.70. The van der Waals surface area contributed by atoms with Gasteiger partial charge in [0.2, 0.25) is 17.7 Å². The number of hydrogen-bond donors (Lipinski definition) is 4. The van der Waals surface area contributed by atoms with Crippen LogP contribution in [0.2, 0.25) is 0 Å². The summed E-state index contributed by atoms with van der Waals surface area (Å²) in [5.41, 5.74) is 7.75. The molecule has 0 aromatic heterocycles. The number of nitrogens with one attached hydrogen (secondary N) is 2. The number of rotatable bonds is 15. The molecule has 2 rings (SSSR count). The lowest BCUT2D eigenvalue weighted by Crippen LogP contribution is -2.47. The number of aliphatic hydroxyl groups excluding tert-OH is 1. The van der Waals surface area contributed by atoms with E-state index in [1.165, 1.54) is 0 Å². The van der Waals surface area contributed by atoms with Crippen molar-refractivity contribution >= 4 is 23.4 Å². The monoisotopic (exact) mass is 530 g/mol. The summed E-state index contributed by atoms with van der Waals surface area (Å²) in [5, 5.41) is 16.6. The van der Waals surface area contributed by atoms with E-state index in [2.05, 4.69) is 24.5 Å². The number of benzene rings is 1. The van der Waals surface area contributed by atoms with Gasteiger partial charge in [-0.15, -0.1) is 0 Å². The molecular formula is C30H50N4O4. The van der Waals surface area contributed by atoms with Crippen LogP contribution in [0.3, 0.4) is 0 Å². The Labute approximate surface area is 229 Å². The van der Waals surface area contributed by atoms with E-state index in [0.29, 0.717) is 32.5 Å². The maximum Gasteiger partial charge on any atom is 0.227 e. The minimum Gasteiger partial charge on any atom is -0.391 e. The van der Waals surface area contributed by atoms with Crippen molar-refractivity contribution in [2.24, 2.45) is 23.0 Å². The molecule has 0 saturated carbocycles. The van der Waals surface area contributed by atoms with Crippen LogP contribution in [0.1, 0.15) is 85.1 Å². The van der Waals surface area contributed by atoms with Crippen molar-refractivity contribution in [2.45, 2.75) is 98.1 Å². The van der Waals surface area contributed by atoms with E-state index in [0.717, 1.165) is 36.9 Å². The molecule has 0 spiro atoms. The fourth-order valence-electron chi connectivity index (χ4n) is 5.10. The third-order valence-corrected chi connectivity index (χ3v) is 7.44. The van der Waals surface area contributed by atoms with Gasteiger partial charge >= 0.3 is 0 Å². The molecule has 1 aromatic carbocycles. The molecule has 0 fully saturated rings. The highest BCUT2D eigenvalue weighted by Crippen LogP contribution is 2.34. The molecule has 214 valence electrons. The number of unbranched alkanes of at least 4 members (excludes halogenated alkanes) is 2. The van der Waals surface area contributed by atoms with Gasteiger partial charge in [0, 0.05) is 43.7 Å². The first-order chi connectivity index (χ1) is 18.0. The van der Waals surface area contributed by atoms with Crippen molar-refractivity contribution in [2.75, 3.05) is 24.5 Å². The zero-order chi connectivity index (χ0) is 28.3. The molecule has 38 heavy (non-hydrogen) atoms. The van der Waals surface area contributed by atoms with Crippen molar-refractivity contribution in [1.82, 2.24) is 10.6 Å². The molecule has 1 aromatic rings. The van der Waals surface area contributed by atoms with Crippen LogP contribution in [0.4, 0.5) is 5.69 Å². The number of amides is 3. The Hall–Kier alpha value is -2.45. The topological polar surface area (TPSA) is 125 Å². The maximum atomic E-state index is 13.6. The summed E-state index contributed by atoms with van der Waals surface area (Å²) in [5.74, 6) is -0.774. The van der Waals surface area contributed by atoms with E-state index < -0.39 is 17.6 Å². The Morgan fingerprint density at radius 2 is 1.74 bits per heavy atom. The number of nitrogens with zero attached hydrogens (tertiary/aromatic N) is 1. The van der Waals surface area contributed by atoms with Gasteiger partial charge in [-0.3, -0.25) is 14.4 Å². The second-order valence-electron chi connectivity index (χ2n) is 11.7. The first-order valence-electron chi connectivity index (χ1n) is 14.4. The number of hydrogen-bond acceptors (Lipinski definition) is 5. The Balaban J connectivity index is 2.00. The van der Waals surface area contributed by atoms with Gasteiger partial charge in [0.1, 0.15) is 0 Å². The number of anilines is 1. The molecule has 4 atom stereocenters. The van der Waals surface area contributed by atoms with Crippen LogP contribution in [0.25, 0.3) is 0 Å². The highest BCUT2D eigenvalue weighted by atomic mass is 16.3. The van der Waals surface area contributed by atoms with Gasteiger partial charge in [0.05, 0.1) is 12.0 Å². The quantitative estimate of drug-likeness (QED) is 0.258. The zero-order valence-electron chi connectivity index (χ0n) is 24.1. The smallest absolute Gasteiger partial charge is 0.227 e. The molecule has 0 saturated heterocycles. The molecule has 0 radical (unpaired) electrons. The highest BCUT2D eigenvalue weighted by Gasteiger charge is 2.35. The number of nitrogens with two attached hydrogens (primary N) is 1. The lowest BCUT2D eigenvalue weighted by Gasteiger charge is -2.37. The number of fused-ring (bicyclic) bond motifs is 1. The largest absolute Gasteiger partial charge is 0.391 e. The lowest BCUT2D eigenvalue weighted by atomic mass is 9.79. The van der Waals surface area contributed by atoms with E-state index in [1.807, 2.05) is 38.1 Å². The number of aliphatic hydroxyl groups is 1. The summed E-state index contributed by atoms with van der Waals surface area (Å²) in [6.07, 6.45) is 4.58. The molecule has 1 aliphatic rings. The first-order valence-corrected chi connectivity index (χ1v) is 14.4. The van der Waals surface area contributed by atoms with E-state index in [9.17, 15) is 19.5 Å². The van der Waals surface area contributed by atoms with Gasteiger partial charge in [-0.2, -0.15) is 0 Å². The summed E-state index contributed by atoms with van der Waals surface area (Å²) in [4.78, 5) is 40.5. The fraction of sp³-hybridized carbons (Fsp3) is 0.700. The Morgan fingerprint density at radius 1 is 1.11 bits per heavy atom.